The van der Waals surface area contributed by atoms with Gasteiger partial charge in [-0.1, -0.05) is 23.4 Å². The Kier molecular flexibility index (Phi) is 5.01. The Bertz CT molecular complexity index is 472. The Labute approximate surface area is 121 Å². The lowest BCUT2D eigenvalue weighted by Crippen LogP contribution is -2.30. The number of carbonyl (C=O) groups is 1. The van der Waals surface area contributed by atoms with Gasteiger partial charge in [-0.2, -0.15) is 0 Å². The molecule has 2 heterocycles. The van der Waals surface area contributed by atoms with Gasteiger partial charge in [0.05, 0.1) is 11.2 Å². The highest BCUT2D eigenvalue weighted by atomic mass is 35.5. The number of hydrogen-bond acceptors (Lipinski definition) is 5. The van der Waals surface area contributed by atoms with E-state index in [0.29, 0.717) is 24.2 Å². The Morgan fingerprint density at radius 1 is 1.68 bits per heavy atom. The standard InChI is InChI=1S/C12H16ClN3O2S/c1-19-12-14-6-9(13)10(15-12)11(18)16-4-2-8(7-16)3-5-17/h6,8,17H,2-5,7H2,1H3. The Hall–Kier alpha value is -0.850. The normalized spacial score (nSPS) is 18.9. The first-order valence-electron chi connectivity index (χ1n) is 6.12. The molecule has 1 aromatic heterocycles. The minimum atomic E-state index is -0.150. The molecule has 0 spiro atoms. The number of nitrogens with zero attached hydrogens (tertiary/aromatic N) is 3. The van der Waals surface area contributed by atoms with Gasteiger partial charge in [-0.3, -0.25) is 4.79 Å². The van der Waals surface area contributed by atoms with Crippen LogP contribution in [-0.2, 0) is 0 Å². The fourth-order valence-corrected chi connectivity index (χ4v) is 2.70. The van der Waals surface area contributed by atoms with E-state index in [1.807, 2.05) is 6.26 Å². The van der Waals surface area contributed by atoms with Crippen molar-refractivity contribution >= 4 is 29.3 Å². The van der Waals surface area contributed by atoms with Crippen molar-refractivity contribution in [3.05, 3.63) is 16.9 Å². The van der Waals surface area contributed by atoms with E-state index in [1.54, 1.807) is 4.90 Å². The van der Waals surface area contributed by atoms with E-state index >= 15 is 0 Å². The summed E-state index contributed by atoms with van der Waals surface area (Å²) in [5.41, 5.74) is 0.269. The van der Waals surface area contributed by atoms with Crippen LogP contribution in [0.25, 0.3) is 0 Å². The summed E-state index contributed by atoms with van der Waals surface area (Å²) in [5.74, 6) is 0.220. The van der Waals surface area contributed by atoms with Crippen LogP contribution in [0.2, 0.25) is 5.02 Å². The second kappa shape index (κ2) is 6.54. The molecule has 0 radical (unpaired) electrons. The minimum Gasteiger partial charge on any atom is -0.396 e. The molecule has 0 aliphatic carbocycles. The van der Waals surface area contributed by atoms with Gasteiger partial charge in [-0.15, -0.1) is 0 Å². The van der Waals surface area contributed by atoms with Crippen molar-refractivity contribution < 1.29 is 9.90 Å². The second-order valence-corrected chi connectivity index (χ2v) is 5.65. The molecule has 0 aromatic carbocycles. The van der Waals surface area contributed by atoms with Crippen molar-refractivity contribution in [2.24, 2.45) is 5.92 Å². The van der Waals surface area contributed by atoms with Crippen molar-refractivity contribution in [3.63, 3.8) is 0 Å². The number of halogens is 1. The highest BCUT2D eigenvalue weighted by Crippen LogP contribution is 2.23. The van der Waals surface area contributed by atoms with E-state index in [1.165, 1.54) is 18.0 Å². The number of aliphatic hydroxyl groups is 1. The molecule has 1 fully saturated rings. The lowest BCUT2D eigenvalue weighted by Gasteiger charge is -2.16. The second-order valence-electron chi connectivity index (χ2n) is 4.47. The average Bonchev–Trinajstić information content (AvgIpc) is 2.88. The number of aliphatic hydroxyl groups excluding tert-OH is 1. The van der Waals surface area contributed by atoms with E-state index in [9.17, 15) is 4.79 Å². The zero-order valence-electron chi connectivity index (χ0n) is 10.7. The van der Waals surface area contributed by atoms with Crippen LogP contribution in [0.4, 0.5) is 0 Å². The molecular formula is C12H16ClN3O2S. The van der Waals surface area contributed by atoms with Crippen LogP contribution in [0.1, 0.15) is 23.3 Å². The zero-order chi connectivity index (χ0) is 13.8. The average molecular weight is 302 g/mol. The van der Waals surface area contributed by atoms with Crippen LogP contribution in [0.5, 0.6) is 0 Å². The number of rotatable bonds is 4. The summed E-state index contributed by atoms with van der Waals surface area (Å²) in [4.78, 5) is 22.3. The smallest absolute Gasteiger partial charge is 0.274 e. The van der Waals surface area contributed by atoms with Crippen LogP contribution in [-0.4, -0.2) is 51.8 Å². The van der Waals surface area contributed by atoms with Gasteiger partial charge in [-0.05, 0) is 25.0 Å². The number of likely N-dealkylation sites (tertiary alicyclic amines) is 1. The number of thioether (sulfide) groups is 1. The predicted octanol–water partition coefficient (Wildman–Crippen LogP) is 1.70. The van der Waals surface area contributed by atoms with Crippen LogP contribution in [0, 0.1) is 5.92 Å². The van der Waals surface area contributed by atoms with Gasteiger partial charge in [-0.25, -0.2) is 9.97 Å². The molecule has 1 aliphatic heterocycles. The molecule has 1 aliphatic rings. The molecule has 2 rings (SSSR count). The maximum Gasteiger partial charge on any atom is 0.274 e. The van der Waals surface area contributed by atoms with Crippen LogP contribution in [0.15, 0.2) is 11.4 Å². The first-order chi connectivity index (χ1) is 9.15. The molecule has 0 saturated carbocycles. The monoisotopic (exact) mass is 301 g/mol. The van der Waals surface area contributed by atoms with E-state index in [0.717, 1.165) is 12.8 Å². The molecular weight excluding hydrogens is 286 g/mol. The fourth-order valence-electron chi connectivity index (χ4n) is 2.18. The number of amides is 1. The highest BCUT2D eigenvalue weighted by molar-refractivity contribution is 7.98. The first kappa shape index (κ1) is 14.6. The van der Waals surface area contributed by atoms with Gasteiger partial charge in [0, 0.05) is 19.7 Å². The fraction of sp³-hybridized carbons (Fsp3) is 0.583. The third-order valence-corrected chi connectivity index (χ3v) is 4.06. The molecule has 1 N–H and O–H groups in total. The van der Waals surface area contributed by atoms with E-state index < -0.39 is 0 Å². The van der Waals surface area contributed by atoms with E-state index in [4.69, 9.17) is 16.7 Å². The molecule has 0 bridgehead atoms. The summed E-state index contributed by atoms with van der Waals surface area (Å²) < 4.78 is 0. The summed E-state index contributed by atoms with van der Waals surface area (Å²) in [5, 5.41) is 9.76. The molecule has 104 valence electrons. The third-order valence-electron chi connectivity index (χ3n) is 3.22. The van der Waals surface area contributed by atoms with Gasteiger partial charge in [0.2, 0.25) is 0 Å². The molecule has 1 unspecified atom stereocenters. The molecule has 5 nitrogen and oxygen atoms in total. The Balaban J connectivity index is 2.12. The van der Waals surface area contributed by atoms with E-state index in [-0.39, 0.29) is 23.2 Å². The Morgan fingerprint density at radius 3 is 3.16 bits per heavy atom. The van der Waals surface area contributed by atoms with Crippen molar-refractivity contribution in [2.75, 3.05) is 26.0 Å². The lowest BCUT2D eigenvalue weighted by molar-refractivity contribution is 0.0778. The van der Waals surface area contributed by atoms with Gasteiger partial charge in [0.25, 0.3) is 5.91 Å². The largest absolute Gasteiger partial charge is 0.396 e. The zero-order valence-corrected chi connectivity index (χ0v) is 12.2. The van der Waals surface area contributed by atoms with Crippen LogP contribution < -0.4 is 0 Å². The van der Waals surface area contributed by atoms with Crippen molar-refractivity contribution in [2.45, 2.75) is 18.0 Å². The topological polar surface area (TPSA) is 66.3 Å². The van der Waals surface area contributed by atoms with Crippen molar-refractivity contribution in [3.8, 4) is 0 Å². The van der Waals surface area contributed by atoms with Gasteiger partial charge in [0.15, 0.2) is 10.9 Å². The van der Waals surface area contributed by atoms with Crippen molar-refractivity contribution in [1.29, 1.82) is 0 Å². The van der Waals surface area contributed by atoms with Gasteiger partial charge >= 0.3 is 0 Å². The van der Waals surface area contributed by atoms with Gasteiger partial charge < -0.3 is 10.0 Å². The van der Waals surface area contributed by atoms with Crippen LogP contribution in [0.3, 0.4) is 0 Å². The number of hydrogen-bond donors (Lipinski definition) is 1. The summed E-state index contributed by atoms with van der Waals surface area (Å²) in [6.07, 6.45) is 4.97. The summed E-state index contributed by atoms with van der Waals surface area (Å²) in [7, 11) is 0. The minimum absolute atomic E-state index is 0.150. The third kappa shape index (κ3) is 3.38. The summed E-state index contributed by atoms with van der Waals surface area (Å²) in [6, 6.07) is 0. The summed E-state index contributed by atoms with van der Waals surface area (Å²) >= 11 is 7.38. The molecule has 7 heteroatoms. The lowest BCUT2D eigenvalue weighted by atomic mass is 10.1. The molecule has 1 aromatic rings. The highest BCUT2D eigenvalue weighted by Gasteiger charge is 2.28. The molecule has 1 atom stereocenters. The maximum absolute atomic E-state index is 12.4. The quantitative estimate of drug-likeness (QED) is 0.677. The first-order valence-corrected chi connectivity index (χ1v) is 7.72. The Morgan fingerprint density at radius 2 is 2.47 bits per heavy atom. The number of aromatic nitrogens is 2. The molecule has 19 heavy (non-hydrogen) atoms. The predicted molar refractivity (Wildman–Crippen MR) is 74.5 cm³/mol. The number of carbonyl (C=O) groups excluding carboxylic acids is 1. The molecule has 1 saturated heterocycles. The van der Waals surface area contributed by atoms with E-state index in [2.05, 4.69) is 9.97 Å². The molecule has 1 amide bonds. The van der Waals surface area contributed by atoms with Crippen LogP contribution >= 0.6 is 23.4 Å². The van der Waals surface area contributed by atoms with Gasteiger partial charge in [0.1, 0.15) is 0 Å². The SMILES string of the molecule is CSc1ncc(Cl)c(C(=O)N2CCC(CCO)C2)n1. The van der Waals surface area contributed by atoms with Crippen molar-refractivity contribution in [1.82, 2.24) is 14.9 Å². The maximum atomic E-state index is 12.4. The summed E-state index contributed by atoms with van der Waals surface area (Å²) in [6.45, 7) is 1.52.